The van der Waals surface area contributed by atoms with Crippen LogP contribution >= 0.6 is 0 Å². The van der Waals surface area contributed by atoms with E-state index in [1.165, 1.54) is 0 Å². The lowest BCUT2D eigenvalue weighted by Crippen LogP contribution is -2.38. The molecule has 0 aliphatic carbocycles. The number of carbonyl (C=O) groups is 1. The van der Waals surface area contributed by atoms with Crippen molar-refractivity contribution in [3.63, 3.8) is 0 Å². The second kappa shape index (κ2) is 8.43. The number of hydrogen-bond donors (Lipinski definition) is 1. The van der Waals surface area contributed by atoms with Crippen molar-refractivity contribution < 1.29 is 19.0 Å². The van der Waals surface area contributed by atoms with Crippen molar-refractivity contribution in [3.8, 4) is 11.5 Å². The summed E-state index contributed by atoms with van der Waals surface area (Å²) in [7, 11) is 0. The molecule has 0 bridgehead atoms. The van der Waals surface area contributed by atoms with Gasteiger partial charge in [0.25, 0.3) is 0 Å². The van der Waals surface area contributed by atoms with Crippen LogP contribution in [0.5, 0.6) is 11.5 Å². The monoisotopic (exact) mass is 348 g/mol. The number of nitrogens with one attached hydrogen (secondary N) is 1. The van der Waals surface area contributed by atoms with Crippen LogP contribution in [-0.2, 0) is 11.3 Å². The van der Waals surface area contributed by atoms with Gasteiger partial charge in [-0.1, -0.05) is 19.9 Å². The lowest BCUT2D eigenvalue weighted by Gasteiger charge is -2.18. The number of hydrogen-bond acceptors (Lipinski definition) is 4. The minimum atomic E-state index is -0.0391. The fourth-order valence-electron chi connectivity index (χ4n) is 2.98. The second-order valence-corrected chi connectivity index (χ2v) is 7.07. The number of rotatable bonds is 5. The summed E-state index contributed by atoms with van der Waals surface area (Å²) in [4.78, 5) is 14.2. The molecule has 138 valence electrons. The van der Waals surface area contributed by atoms with E-state index in [1.54, 1.807) is 0 Å². The lowest BCUT2D eigenvalue weighted by atomic mass is 10.2. The molecule has 2 aliphatic rings. The first-order valence-electron chi connectivity index (χ1n) is 9.14. The first kappa shape index (κ1) is 17.9. The van der Waals surface area contributed by atoms with E-state index in [0.717, 1.165) is 43.1 Å². The number of carbonyl (C=O) groups excluding carboxylic acids is 1. The molecule has 0 radical (unpaired) electrons. The molecule has 1 fully saturated rings. The van der Waals surface area contributed by atoms with Gasteiger partial charge >= 0.3 is 6.03 Å². The number of ether oxygens (including phenoxy) is 3. The fourth-order valence-corrected chi connectivity index (χ4v) is 2.98. The first-order valence-corrected chi connectivity index (χ1v) is 9.14. The van der Waals surface area contributed by atoms with Crippen molar-refractivity contribution >= 4 is 6.03 Å². The van der Waals surface area contributed by atoms with E-state index in [-0.39, 0.29) is 12.1 Å². The Balaban J connectivity index is 1.47. The molecule has 2 heterocycles. The Kier molecular flexibility index (Phi) is 6.02. The fraction of sp³-hybridized carbons (Fsp3) is 0.632. The Hall–Kier alpha value is -1.95. The summed E-state index contributed by atoms with van der Waals surface area (Å²) >= 11 is 0. The lowest BCUT2D eigenvalue weighted by molar-refractivity contribution is 0.0436. The van der Waals surface area contributed by atoms with Gasteiger partial charge in [-0.25, -0.2) is 4.79 Å². The van der Waals surface area contributed by atoms with Crippen LogP contribution in [0.2, 0.25) is 0 Å². The van der Waals surface area contributed by atoms with E-state index in [4.69, 9.17) is 14.2 Å². The molecule has 1 N–H and O–H groups in total. The molecule has 25 heavy (non-hydrogen) atoms. The molecule has 1 unspecified atom stereocenters. The summed E-state index contributed by atoms with van der Waals surface area (Å²) in [6.07, 6.45) is 1.95. The van der Waals surface area contributed by atoms with Crippen molar-refractivity contribution in [1.82, 2.24) is 10.2 Å². The van der Waals surface area contributed by atoms with Crippen molar-refractivity contribution in [2.24, 2.45) is 5.92 Å². The Labute approximate surface area is 149 Å². The van der Waals surface area contributed by atoms with Crippen LogP contribution in [0.1, 0.15) is 32.3 Å². The summed E-state index contributed by atoms with van der Waals surface area (Å²) < 4.78 is 17.1. The molecular formula is C19H28N2O4. The molecule has 6 heteroatoms. The van der Waals surface area contributed by atoms with Gasteiger partial charge < -0.3 is 24.4 Å². The van der Waals surface area contributed by atoms with Crippen LogP contribution in [0.3, 0.4) is 0 Å². The third kappa shape index (κ3) is 5.01. The van der Waals surface area contributed by atoms with Gasteiger partial charge in [0, 0.05) is 32.7 Å². The summed E-state index contributed by atoms with van der Waals surface area (Å²) in [6, 6.07) is 5.78. The predicted octanol–water partition coefficient (Wildman–Crippen LogP) is 2.80. The highest BCUT2D eigenvalue weighted by Crippen LogP contribution is 2.30. The second-order valence-electron chi connectivity index (χ2n) is 7.07. The SMILES string of the molecule is CC(C)COC1CCN(C(=O)NCc2ccc3c(c2)OCCCO3)C1. The molecule has 6 nitrogen and oxygen atoms in total. The average Bonchev–Trinajstić information content (AvgIpc) is 2.96. The maximum Gasteiger partial charge on any atom is 0.317 e. The van der Waals surface area contributed by atoms with Gasteiger partial charge in [-0.2, -0.15) is 0 Å². The van der Waals surface area contributed by atoms with Gasteiger partial charge in [-0.15, -0.1) is 0 Å². The minimum Gasteiger partial charge on any atom is -0.490 e. The Morgan fingerprint density at radius 3 is 2.92 bits per heavy atom. The zero-order valence-electron chi connectivity index (χ0n) is 15.1. The quantitative estimate of drug-likeness (QED) is 0.889. The average molecular weight is 348 g/mol. The summed E-state index contributed by atoms with van der Waals surface area (Å²) in [5.41, 5.74) is 1.00. The zero-order valence-corrected chi connectivity index (χ0v) is 15.1. The van der Waals surface area contributed by atoms with Crippen LogP contribution in [-0.4, -0.2) is 49.9 Å². The standard InChI is InChI=1S/C19H28N2O4/c1-14(2)13-25-16-6-7-21(12-16)19(22)20-11-15-4-5-17-18(10-15)24-9-3-8-23-17/h4-5,10,14,16H,3,6-9,11-13H2,1-2H3,(H,20,22). The predicted molar refractivity (Wildman–Crippen MR) is 95.1 cm³/mol. The Bertz CT molecular complexity index is 591. The molecule has 2 aliphatic heterocycles. The van der Waals surface area contributed by atoms with Crippen LogP contribution in [0, 0.1) is 5.92 Å². The highest BCUT2D eigenvalue weighted by atomic mass is 16.5. The summed E-state index contributed by atoms with van der Waals surface area (Å²) in [5, 5.41) is 2.98. The van der Waals surface area contributed by atoms with Gasteiger partial charge in [-0.3, -0.25) is 0 Å². The summed E-state index contributed by atoms with van der Waals surface area (Å²) in [6.45, 7) is 8.24. The molecule has 0 spiro atoms. The number of benzene rings is 1. The molecule has 1 aromatic carbocycles. The van der Waals surface area contributed by atoms with Crippen molar-refractivity contribution in [3.05, 3.63) is 23.8 Å². The number of nitrogens with zero attached hydrogens (tertiary/aromatic N) is 1. The van der Waals surface area contributed by atoms with Gasteiger partial charge in [0.1, 0.15) is 0 Å². The highest BCUT2D eigenvalue weighted by molar-refractivity contribution is 5.74. The molecule has 1 aromatic rings. The number of fused-ring (bicyclic) bond motifs is 1. The van der Waals surface area contributed by atoms with Crippen molar-refractivity contribution in [1.29, 1.82) is 0 Å². The number of amides is 2. The van der Waals surface area contributed by atoms with Crippen LogP contribution in [0.25, 0.3) is 0 Å². The van der Waals surface area contributed by atoms with E-state index in [0.29, 0.717) is 32.2 Å². The van der Waals surface area contributed by atoms with Crippen LogP contribution in [0.15, 0.2) is 18.2 Å². The van der Waals surface area contributed by atoms with Gasteiger partial charge in [0.2, 0.25) is 0 Å². The number of likely N-dealkylation sites (tertiary alicyclic amines) is 1. The molecule has 0 aromatic heterocycles. The zero-order chi connectivity index (χ0) is 17.6. The molecule has 2 amide bonds. The molecule has 0 saturated carbocycles. The topological polar surface area (TPSA) is 60.0 Å². The Morgan fingerprint density at radius 2 is 2.12 bits per heavy atom. The maximum atomic E-state index is 12.3. The smallest absolute Gasteiger partial charge is 0.317 e. The minimum absolute atomic E-state index is 0.0391. The molecule has 3 rings (SSSR count). The van der Waals surface area contributed by atoms with E-state index >= 15 is 0 Å². The van der Waals surface area contributed by atoms with Gasteiger partial charge in [0.05, 0.1) is 19.3 Å². The third-order valence-electron chi connectivity index (χ3n) is 4.35. The van der Waals surface area contributed by atoms with E-state index in [2.05, 4.69) is 19.2 Å². The first-order chi connectivity index (χ1) is 12.1. The molecular weight excluding hydrogens is 320 g/mol. The number of urea groups is 1. The molecule has 1 atom stereocenters. The van der Waals surface area contributed by atoms with Gasteiger partial charge in [0.15, 0.2) is 11.5 Å². The molecule has 1 saturated heterocycles. The normalized spacial score (nSPS) is 19.8. The largest absolute Gasteiger partial charge is 0.490 e. The maximum absolute atomic E-state index is 12.3. The van der Waals surface area contributed by atoms with E-state index < -0.39 is 0 Å². The summed E-state index contributed by atoms with van der Waals surface area (Å²) in [5.74, 6) is 2.05. The van der Waals surface area contributed by atoms with Crippen LogP contribution < -0.4 is 14.8 Å². The van der Waals surface area contributed by atoms with Gasteiger partial charge in [-0.05, 0) is 30.0 Å². The van der Waals surface area contributed by atoms with Crippen molar-refractivity contribution in [2.45, 2.75) is 39.3 Å². The Morgan fingerprint density at radius 1 is 1.32 bits per heavy atom. The van der Waals surface area contributed by atoms with Crippen LogP contribution in [0.4, 0.5) is 4.79 Å². The van der Waals surface area contributed by atoms with E-state index in [1.807, 2.05) is 23.1 Å². The highest BCUT2D eigenvalue weighted by Gasteiger charge is 2.26. The third-order valence-corrected chi connectivity index (χ3v) is 4.35. The van der Waals surface area contributed by atoms with Crippen molar-refractivity contribution in [2.75, 3.05) is 32.9 Å². The van der Waals surface area contributed by atoms with E-state index in [9.17, 15) is 4.79 Å².